The van der Waals surface area contributed by atoms with E-state index in [1.54, 1.807) is 12.1 Å². The van der Waals surface area contributed by atoms with E-state index >= 15 is 0 Å². The molecule has 96 valence electrons. The van der Waals surface area contributed by atoms with Crippen molar-refractivity contribution in [2.75, 3.05) is 19.5 Å². The SMILES string of the molecule is COc1cc2c(cc1OC)[C@@H](C(=O)O)CC(=O)N2. The monoisotopic (exact) mass is 251 g/mol. The highest BCUT2D eigenvalue weighted by Gasteiger charge is 2.31. The van der Waals surface area contributed by atoms with Gasteiger partial charge < -0.3 is 19.9 Å². The number of benzene rings is 1. The van der Waals surface area contributed by atoms with Crippen LogP contribution in [-0.2, 0) is 9.59 Å². The molecular weight excluding hydrogens is 238 g/mol. The standard InChI is InChI=1S/C12H13NO5/c1-17-9-3-6-7(12(15)16)4-11(14)13-8(6)5-10(9)18-2/h3,5,7H,4H2,1-2H3,(H,13,14)(H,15,16)/t7-/m0/s1. The van der Waals surface area contributed by atoms with Crippen molar-refractivity contribution in [3.63, 3.8) is 0 Å². The first kappa shape index (κ1) is 12.2. The summed E-state index contributed by atoms with van der Waals surface area (Å²) in [4.78, 5) is 22.6. The van der Waals surface area contributed by atoms with Crippen molar-refractivity contribution in [3.8, 4) is 11.5 Å². The Morgan fingerprint density at radius 3 is 2.50 bits per heavy atom. The third-order valence-electron chi connectivity index (χ3n) is 2.89. The molecule has 2 rings (SSSR count). The Labute approximate surface area is 104 Å². The van der Waals surface area contributed by atoms with Crippen LogP contribution in [0.4, 0.5) is 5.69 Å². The van der Waals surface area contributed by atoms with Gasteiger partial charge in [-0.1, -0.05) is 0 Å². The van der Waals surface area contributed by atoms with Crippen molar-refractivity contribution < 1.29 is 24.2 Å². The molecule has 1 aromatic carbocycles. The fourth-order valence-electron chi connectivity index (χ4n) is 2.01. The van der Waals surface area contributed by atoms with Crippen molar-refractivity contribution in [1.82, 2.24) is 0 Å². The van der Waals surface area contributed by atoms with Gasteiger partial charge in [-0.3, -0.25) is 9.59 Å². The minimum atomic E-state index is -1.03. The van der Waals surface area contributed by atoms with Gasteiger partial charge in [0.15, 0.2) is 11.5 Å². The van der Waals surface area contributed by atoms with Gasteiger partial charge >= 0.3 is 5.97 Å². The van der Waals surface area contributed by atoms with Crippen LogP contribution in [0.15, 0.2) is 12.1 Å². The molecular formula is C12H13NO5. The van der Waals surface area contributed by atoms with E-state index in [4.69, 9.17) is 14.6 Å². The lowest BCUT2D eigenvalue weighted by Crippen LogP contribution is -2.27. The number of carbonyl (C=O) groups is 2. The molecule has 0 bridgehead atoms. The van der Waals surface area contributed by atoms with E-state index in [0.717, 1.165) is 0 Å². The number of aliphatic carboxylic acids is 1. The van der Waals surface area contributed by atoms with Crippen molar-refractivity contribution in [1.29, 1.82) is 0 Å². The number of carbonyl (C=O) groups excluding carboxylic acids is 1. The lowest BCUT2D eigenvalue weighted by molar-refractivity contribution is -0.140. The van der Waals surface area contributed by atoms with Gasteiger partial charge in [-0.05, 0) is 11.6 Å². The molecule has 18 heavy (non-hydrogen) atoms. The maximum absolute atomic E-state index is 11.4. The van der Waals surface area contributed by atoms with Crippen molar-refractivity contribution >= 4 is 17.6 Å². The highest BCUT2D eigenvalue weighted by molar-refractivity contribution is 6.00. The zero-order valence-corrected chi connectivity index (χ0v) is 10.0. The van der Waals surface area contributed by atoms with Crippen LogP contribution in [0.1, 0.15) is 17.9 Å². The summed E-state index contributed by atoms with van der Waals surface area (Å²) in [5, 5.41) is 11.8. The Hall–Kier alpha value is -2.24. The second-order valence-electron chi connectivity index (χ2n) is 3.94. The summed E-state index contributed by atoms with van der Waals surface area (Å²) in [5.74, 6) is -1.31. The number of carboxylic acids is 1. The molecule has 1 heterocycles. The topological polar surface area (TPSA) is 84.9 Å². The quantitative estimate of drug-likeness (QED) is 0.843. The molecule has 0 spiro atoms. The molecule has 6 heteroatoms. The van der Waals surface area contributed by atoms with Gasteiger partial charge in [-0.15, -0.1) is 0 Å². The number of ether oxygens (including phenoxy) is 2. The molecule has 0 aliphatic carbocycles. The number of hydrogen-bond acceptors (Lipinski definition) is 4. The largest absolute Gasteiger partial charge is 0.493 e. The molecule has 1 aromatic rings. The second-order valence-corrected chi connectivity index (χ2v) is 3.94. The van der Waals surface area contributed by atoms with Gasteiger partial charge in [0.05, 0.1) is 20.1 Å². The number of amides is 1. The second kappa shape index (κ2) is 4.56. The molecule has 1 aliphatic rings. The molecule has 2 N–H and O–H groups in total. The fraction of sp³-hybridized carbons (Fsp3) is 0.333. The minimum absolute atomic E-state index is 0.0716. The Morgan fingerprint density at radius 2 is 1.94 bits per heavy atom. The third-order valence-corrected chi connectivity index (χ3v) is 2.89. The number of methoxy groups -OCH3 is 2. The molecule has 0 fully saturated rings. The molecule has 1 amide bonds. The summed E-state index contributed by atoms with van der Waals surface area (Å²) >= 11 is 0. The van der Waals surface area contributed by atoms with E-state index in [-0.39, 0.29) is 12.3 Å². The zero-order chi connectivity index (χ0) is 13.3. The van der Waals surface area contributed by atoms with Crippen molar-refractivity contribution in [3.05, 3.63) is 17.7 Å². The van der Waals surface area contributed by atoms with E-state index in [1.165, 1.54) is 14.2 Å². The maximum Gasteiger partial charge on any atom is 0.311 e. The average molecular weight is 251 g/mol. The van der Waals surface area contributed by atoms with Crippen LogP contribution in [-0.4, -0.2) is 31.2 Å². The van der Waals surface area contributed by atoms with Crippen molar-refractivity contribution in [2.45, 2.75) is 12.3 Å². The molecule has 0 unspecified atom stereocenters. The molecule has 0 radical (unpaired) electrons. The Morgan fingerprint density at radius 1 is 1.33 bits per heavy atom. The van der Waals surface area contributed by atoms with Gasteiger partial charge in [0.25, 0.3) is 0 Å². The number of hydrogen-bond donors (Lipinski definition) is 2. The van der Waals surface area contributed by atoms with Crippen LogP contribution in [0.2, 0.25) is 0 Å². The van der Waals surface area contributed by atoms with Crippen LogP contribution in [0, 0.1) is 0 Å². The van der Waals surface area contributed by atoms with E-state index in [1.807, 2.05) is 0 Å². The normalized spacial score (nSPS) is 17.7. The lowest BCUT2D eigenvalue weighted by Gasteiger charge is -2.24. The summed E-state index contributed by atoms with van der Waals surface area (Å²) in [6, 6.07) is 3.16. The minimum Gasteiger partial charge on any atom is -0.493 e. The molecule has 0 aromatic heterocycles. The van der Waals surface area contributed by atoms with Gasteiger partial charge in [0, 0.05) is 18.2 Å². The molecule has 6 nitrogen and oxygen atoms in total. The molecule has 0 saturated carbocycles. The smallest absolute Gasteiger partial charge is 0.311 e. The predicted octanol–water partition coefficient (Wildman–Crippen LogP) is 1.21. The van der Waals surface area contributed by atoms with Gasteiger partial charge in [-0.25, -0.2) is 0 Å². The summed E-state index contributed by atoms with van der Waals surface area (Å²) in [6.07, 6.45) is -0.0716. The first-order valence-electron chi connectivity index (χ1n) is 5.35. The maximum atomic E-state index is 11.4. The first-order valence-corrected chi connectivity index (χ1v) is 5.35. The van der Waals surface area contributed by atoms with E-state index < -0.39 is 11.9 Å². The number of anilines is 1. The predicted molar refractivity (Wildman–Crippen MR) is 63.2 cm³/mol. The lowest BCUT2D eigenvalue weighted by atomic mass is 9.90. The Bertz CT molecular complexity index is 511. The van der Waals surface area contributed by atoms with Crippen LogP contribution in [0.25, 0.3) is 0 Å². The number of rotatable bonds is 3. The molecule has 1 aliphatic heterocycles. The van der Waals surface area contributed by atoms with Gasteiger partial charge in [0.1, 0.15) is 0 Å². The highest BCUT2D eigenvalue weighted by atomic mass is 16.5. The van der Waals surface area contributed by atoms with Crippen LogP contribution in [0.5, 0.6) is 11.5 Å². The van der Waals surface area contributed by atoms with E-state index in [9.17, 15) is 9.59 Å². The van der Waals surface area contributed by atoms with Gasteiger partial charge in [-0.2, -0.15) is 0 Å². The summed E-state index contributed by atoms with van der Waals surface area (Å²) < 4.78 is 10.2. The van der Waals surface area contributed by atoms with Crippen LogP contribution >= 0.6 is 0 Å². The van der Waals surface area contributed by atoms with Crippen molar-refractivity contribution in [2.24, 2.45) is 0 Å². The molecule has 1 atom stereocenters. The summed E-state index contributed by atoms with van der Waals surface area (Å²) in [6.45, 7) is 0. The third kappa shape index (κ3) is 1.97. The van der Waals surface area contributed by atoms with E-state index in [0.29, 0.717) is 22.7 Å². The van der Waals surface area contributed by atoms with E-state index in [2.05, 4.69) is 5.32 Å². The summed E-state index contributed by atoms with van der Waals surface area (Å²) in [7, 11) is 2.95. The number of carboxylic acid groups (broad SMARTS) is 1. The number of nitrogens with one attached hydrogen (secondary N) is 1. The molecule has 0 saturated heterocycles. The summed E-state index contributed by atoms with van der Waals surface area (Å²) in [5.41, 5.74) is 0.982. The average Bonchev–Trinajstić information content (AvgIpc) is 2.35. The highest BCUT2D eigenvalue weighted by Crippen LogP contribution is 2.40. The van der Waals surface area contributed by atoms with Gasteiger partial charge in [0.2, 0.25) is 5.91 Å². The van der Waals surface area contributed by atoms with Crippen LogP contribution < -0.4 is 14.8 Å². The zero-order valence-electron chi connectivity index (χ0n) is 10.0. The fourth-order valence-corrected chi connectivity index (χ4v) is 2.01. The van der Waals surface area contributed by atoms with Crippen LogP contribution in [0.3, 0.4) is 0 Å². The number of fused-ring (bicyclic) bond motifs is 1. The first-order chi connectivity index (χ1) is 8.56. The Kier molecular flexibility index (Phi) is 3.10. The Balaban J connectivity index is 2.56.